The Hall–Kier alpha value is -4.93. The molecule has 0 spiro atoms. The third-order valence-electron chi connectivity index (χ3n) is 5.53. The maximum Gasteiger partial charge on any atom is 0.416 e. The number of benzene rings is 4. The molecule has 47 heavy (non-hydrogen) atoms. The molecule has 4 aromatic carbocycles. The van der Waals surface area contributed by atoms with Gasteiger partial charge in [0.1, 0.15) is 34.5 Å². The summed E-state index contributed by atoms with van der Waals surface area (Å²) < 4.78 is 37.2. The number of halogens is 3. The third-order valence-corrected chi connectivity index (χ3v) is 5.53. The number of hydrogen-bond donors (Lipinski definition) is 8. The molecule has 0 unspecified atom stereocenters. The zero-order chi connectivity index (χ0) is 37.1. The van der Waals surface area contributed by atoms with Gasteiger partial charge in [-0.05, 0) is 54.2 Å². The first-order valence-electron chi connectivity index (χ1n) is 14.9. The van der Waals surface area contributed by atoms with Crippen LogP contribution < -0.4 is 0 Å². The maximum atomic E-state index is 12.4. The summed E-state index contributed by atoms with van der Waals surface area (Å²) in [4.78, 5) is 0. The fourth-order valence-electron chi connectivity index (χ4n) is 3.37. The van der Waals surface area contributed by atoms with Crippen molar-refractivity contribution in [3.8, 4) is 46.0 Å². The molecule has 11 heteroatoms. The van der Waals surface area contributed by atoms with Crippen LogP contribution >= 0.6 is 0 Å². The minimum absolute atomic E-state index is 0.0452. The number of hydrogen-bond acceptors (Lipinski definition) is 8. The summed E-state index contributed by atoms with van der Waals surface area (Å²) in [7, 11) is 0. The van der Waals surface area contributed by atoms with Crippen LogP contribution in [-0.4, -0.2) is 40.9 Å². The van der Waals surface area contributed by atoms with Crippen LogP contribution in [0.1, 0.15) is 89.5 Å². The standard InChI is InChI=1S/C11H13F3.C9H12O2.2C6H6O3.2C2H6/c1-7(2)9-4-8(3)5-10(6-9)11(12,13)14;1-6(2)7-3-4-8(10)9(11)5-7;2*7-4-1-5(8)3-6(9)2-4;2*1-2/h4-7H,1-3H3;3-6,10-11H,1-2H3;2*1-3,7-9H;2*1-2H3. The van der Waals surface area contributed by atoms with Gasteiger partial charge < -0.3 is 40.9 Å². The predicted molar refractivity (Wildman–Crippen MR) is 180 cm³/mol. The Morgan fingerprint density at radius 1 is 0.447 bits per heavy atom. The summed E-state index contributed by atoms with van der Waals surface area (Å²) >= 11 is 0. The van der Waals surface area contributed by atoms with Crippen molar-refractivity contribution >= 4 is 0 Å². The van der Waals surface area contributed by atoms with E-state index in [0.717, 1.165) is 47.5 Å². The molecule has 8 N–H and O–H groups in total. The van der Waals surface area contributed by atoms with E-state index in [1.54, 1.807) is 25.1 Å². The lowest BCUT2D eigenvalue weighted by atomic mass is 9.98. The Labute approximate surface area is 275 Å². The highest BCUT2D eigenvalue weighted by Crippen LogP contribution is 2.32. The van der Waals surface area contributed by atoms with E-state index in [0.29, 0.717) is 11.5 Å². The van der Waals surface area contributed by atoms with E-state index >= 15 is 0 Å². The topological polar surface area (TPSA) is 162 Å². The highest BCUT2D eigenvalue weighted by atomic mass is 19.4. The fraction of sp³-hybridized carbons (Fsp3) is 0.333. The summed E-state index contributed by atoms with van der Waals surface area (Å²) in [5, 5.41) is 70.1. The first-order chi connectivity index (χ1) is 21.8. The average molecular weight is 667 g/mol. The highest BCUT2D eigenvalue weighted by molar-refractivity contribution is 5.42. The molecule has 0 heterocycles. The minimum Gasteiger partial charge on any atom is -0.508 e. The zero-order valence-electron chi connectivity index (χ0n) is 28.3. The van der Waals surface area contributed by atoms with Gasteiger partial charge in [-0.2, -0.15) is 13.2 Å². The molecule has 0 aliphatic carbocycles. The van der Waals surface area contributed by atoms with Crippen molar-refractivity contribution < 1.29 is 54.0 Å². The molecule has 262 valence electrons. The van der Waals surface area contributed by atoms with Crippen LogP contribution in [0.3, 0.4) is 0 Å². The Morgan fingerprint density at radius 3 is 1.06 bits per heavy atom. The van der Waals surface area contributed by atoms with Gasteiger partial charge in [-0.15, -0.1) is 0 Å². The van der Waals surface area contributed by atoms with E-state index in [4.69, 9.17) is 40.9 Å². The van der Waals surface area contributed by atoms with Crippen molar-refractivity contribution in [3.63, 3.8) is 0 Å². The summed E-state index contributed by atoms with van der Waals surface area (Å²) in [6.45, 7) is 17.5. The van der Waals surface area contributed by atoms with E-state index in [1.165, 1.54) is 18.2 Å². The van der Waals surface area contributed by atoms with Gasteiger partial charge in [0.25, 0.3) is 0 Å². The van der Waals surface area contributed by atoms with Crippen LogP contribution in [0.5, 0.6) is 46.0 Å². The molecule has 0 saturated carbocycles. The molecule has 0 aliphatic rings. The lowest BCUT2D eigenvalue weighted by molar-refractivity contribution is -0.137. The van der Waals surface area contributed by atoms with E-state index in [2.05, 4.69) is 0 Å². The Bertz CT molecular complexity index is 1320. The molecule has 4 aromatic rings. The van der Waals surface area contributed by atoms with Gasteiger partial charge in [-0.25, -0.2) is 0 Å². The lowest BCUT2D eigenvalue weighted by Gasteiger charge is -2.12. The van der Waals surface area contributed by atoms with Gasteiger partial charge in [0.05, 0.1) is 5.56 Å². The van der Waals surface area contributed by atoms with E-state index in [1.807, 2.05) is 55.4 Å². The summed E-state index contributed by atoms with van der Waals surface area (Å²) in [5.74, 6) is -0.483. The predicted octanol–water partition coefficient (Wildman–Crippen LogP) is 10.0. The Morgan fingerprint density at radius 2 is 0.787 bits per heavy atom. The third kappa shape index (κ3) is 18.6. The fourth-order valence-corrected chi connectivity index (χ4v) is 3.37. The number of aryl methyl sites for hydroxylation is 1. The number of aromatic hydroxyl groups is 8. The summed E-state index contributed by atoms with van der Waals surface area (Å²) in [6, 6.07) is 15.9. The van der Waals surface area contributed by atoms with Crippen LogP contribution in [0.2, 0.25) is 0 Å². The quantitative estimate of drug-likeness (QED) is 0.0981. The first-order valence-corrected chi connectivity index (χ1v) is 14.9. The van der Waals surface area contributed by atoms with E-state index in [9.17, 15) is 13.2 Å². The van der Waals surface area contributed by atoms with Gasteiger partial charge in [-0.3, -0.25) is 0 Å². The number of phenols is 8. The molecule has 0 aliphatic heterocycles. The van der Waals surface area contributed by atoms with Gasteiger partial charge in [0.2, 0.25) is 0 Å². The number of alkyl halides is 3. The second kappa shape index (κ2) is 21.7. The Kier molecular flexibility index (Phi) is 20.4. The molecule has 0 radical (unpaired) electrons. The van der Waals surface area contributed by atoms with Crippen molar-refractivity contribution in [2.75, 3.05) is 0 Å². The molecule has 0 amide bonds. The van der Waals surface area contributed by atoms with Crippen LogP contribution in [0, 0.1) is 6.92 Å². The highest BCUT2D eigenvalue weighted by Gasteiger charge is 2.31. The van der Waals surface area contributed by atoms with Gasteiger partial charge >= 0.3 is 6.18 Å². The molecule has 8 nitrogen and oxygen atoms in total. The van der Waals surface area contributed by atoms with Crippen LogP contribution in [-0.2, 0) is 6.18 Å². The smallest absolute Gasteiger partial charge is 0.416 e. The second-order valence-corrected chi connectivity index (χ2v) is 10.1. The van der Waals surface area contributed by atoms with Crippen LogP contribution in [0.4, 0.5) is 13.2 Å². The minimum atomic E-state index is -4.24. The SMILES string of the molecule is CC.CC.CC(C)c1ccc(O)c(O)c1.Cc1cc(C(C)C)cc(C(F)(F)F)c1.Oc1cc(O)cc(O)c1.Oc1cc(O)cc(O)c1. The molecular formula is C36H49F3O8. The van der Waals surface area contributed by atoms with Crippen molar-refractivity contribution in [2.24, 2.45) is 0 Å². The summed E-state index contributed by atoms with van der Waals surface area (Å²) in [6.07, 6.45) is -4.24. The van der Waals surface area contributed by atoms with Crippen LogP contribution in [0.15, 0.2) is 72.8 Å². The lowest BCUT2D eigenvalue weighted by Crippen LogP contribution is -2.06. The monoisotopic (exact) mass is 666 g/mol. The van der Waals surface area contributed by atoms with E-state index < -0.39 is 11.7 Å². The van der Waals surface area contributed by atoms with Gasteiger partial charge in [-0.1, -0.05) is 73.1 Å². The molecule has 0 bridgehead atoms. The molecule has 0 aromatic heterocycles. The Balaban J connectivity index is 0. The molecule has 4 rings (SSSR count). The normalized spacial score (nSPS) is 9.91. The van der Waals surface area contributed by atoms with Gasteiger partial charge in [0.15, 0.2) is 11.5 Å². The van der Waals surface area contributed by atoms with Crippen molar-refractivity contribution in [2.45, 2.75) is 80.3 Å². The second-order valence-electron chi connectivity index (χ2n) is 10.1. The van der Waals surface area contributed by atoms with Gasteiger partial charge in [0, 0.05) is 36.4 Å². The van der Waals surface area contributed by atoms with Crippen LogP contribution in [0.25, 0.3) is 0 Å². The van der Waals surface area contributed by atoms with E-state index in [-0.39, 0.29) is 51.9 Å². The molecule has 0 saturated heterocycles. The van der Waals surface area contributed by atoms with Crippen molar-refractivity contribution in [1.82, 2.24) is 0 Å². The van der Waals surface area contributed by atoms with Crippen molar-refractivity contribution in [1.29, 1.82) is 0 Å². The molecular weight excluding hydrogens is 617 g/mol. The number of phenolic OH excluding ortho intramolecular Hbond substituents is 8. The van der Waals surface area contributed by atoms with Crippen molar-refractivity contribution in [3.05, 3.63) is 95.1 Å². The summed E-state index contributed by atoms with van der Waals surface area (Å²) in [5.41, 5.74) is 1.86. The number of rotatable bonds is 2. The largest absolute Gasteiger partial charge is 0.508 e. The maximum absolute atomic E-state index is 12.4. The average Bonchev–Trinajstić information content (AvgIpc) is 2.95. The molecule has 0 atom stereocenters. The zero-order valence-corrected chi connectivity index (χ0v) is 28.3. The molecule has 0 fully saturated rings. The first kappa shape index (κ1) is 44.2.